The third-order valence-electron chi connectivity index (χ3n) is 3.02. The van der Waals surface area contributed by atoms with Crippen molar-refractivity contribution in [3.05, 3.63) is 33.8 Å². The first-order chi connectivity index (χ1) is 8.31. The molecule has 102 valence electrons. The number of halogens is 2. The van der Waals surface area contributed by atoms with Crippen molar-refractivity contribution in [1.29, 1.82) is 0 Å². The third-order valence-corrected chi connectivity index (χ3v) is 3.61. The minimum atomic E-state index is 0.164. The van der Waals surface area contributed by atoms with E-state index < -0.39 is 0 Å². The number of rotatable bonds is 5. The zero-order valence-electron chi connectivity index (χ0n) is 11.7. The van der Waals surface area contributed by atoms with Crippen LogP contribution in [0.5, 0.6) is 0 Å². The van der Waals surface area contributed by atoms with Crippen molar-refractivity contribution >= 4 is 23.2 Å². The molecule has 0 aliphatic carbocycles. The molecule has 1 aromatic rings. The van der Waals surface area contributed by atoms with Crippen molar-refractivity contribution in [2.24, 2.45) is 5.92 Å². The molecule has 0 aromatic heterocycles. The summed E-state index contributed by atoms with van der Waals surface area (Å²) in [5.74, 6) is 0.600. The SMILES string of the molecule is CCC(CNC(C)(C)C)Cc1ccc(Cl)cc1Cl. The first kappa shape index (κ1) is 15.8. The zero-order valence-corrected chi connectivity index (χ0v) is 13.2. The van der Waals surface area contributed by atoms with E-state index in [4.69, 9.17) is 23.2 Å². The number of nitrogens with one attached hydrogen (secondary N) is 1. The summed E-state index contributed by atoms with van der Waals surface area (Å²) in [6.07, 6.45) is 2.14. The van der Waals surface area contributed by atoms with Gasteiger partial charge in [0.15, 0.2) is 0 Å². The third kappa shape index (κ3) is 5.60. The first-order valence-corrected chi connectivity index (χ1v) is 7.26. The standard InChI is InChI=1S/C15H23Cl2N/c1-5-11(10-18-15(2,3)4)8-12-6-7-13(16)9-14(12)17/h6-7,9,11,18H,5,8,10H2,1-4H3. The average molecular weight is 288 g/mol. The lowest BCUT2D eigenvalue weighted by atomic mass is 9.95. The monoisotopic (exact) mass is 287 g/mol. The van der Waals surface area contributed by atoms with Gasteiger partial charge in [-0.1, -0.05) is 42.6 Å². The van der Waals surface area contributed by atoms with Crippen LogP contribution in [0.4, 0.5) is 0 Å². The lowest BCUT2D eigenvalue weighted by Crippen LogP contribution is -2.39. The highest BCUT2D eigenvalue weighted by Gasteiger charge is 2.14. The normalized spacial score (nSPS) is 13.7. The van der Waals surface area contributed by atoms with Crippen molar-refractivity contribution in [1.82, 2.24) is 5.32 Å². The van der Waals surface area contributed by atoms with Crippen LogP contribution in [0.3, 0.4) is 0 Å². The highest BCUT2D eigenvalue weighted by molar-refractivity contribution is 6.35. The van der Waals surface area contributed by atoms with Gasteiger partial charge in [0, 0.05) is 15.6 Å². The van der Waals surface area contributed by atoms with Gasteiger partial charge in [-0.25, -0.2) is 0 Å². The van der Waals surface area contributed by atoms with E-state index >= 15 is 0 Å². The van der Waals surface area contributed by atoms with E-state index in [-0.39, 0.29) is 5.54 Å². The minimum Gasteiger partial charge on any atom is -0.312 e. The number of hydrogen-bond donors (Lipinski definition) is 1. The second-order valence-electron chi connectivity index (χ2n) is 5.85. The molecule has 1 aromatic carbocycles. The Morgan fingerprint density at radius 2 is 1.89 bits per heavy atom. The van der Waals surface area contributed by atoms with Crippen LogP contribution in [0.1, 0.15) is 39.7 Å². The smallest absolute Gasteiger partial charge is 0.0452 e. The Labute approximate surface area is 121 Å². The predicted octanol–water partition coefficient (Wildman–Crippen LogP) is 4.95. The molecule has 0 heterocycles. The molecule has 1 unspecified atom stereocenters. The van der Waals surface area contributed by atoms with Crippen molar-refractivity contribution in [3.8, 4) is 0 Å². The maximum atomic E-state index is 6.22. The second-order valence-corrected chi connectivity index (χ2v) is 6.69. The van der Waals surface area contributed by atoms with Gasteiger partial charge in [0.2, 0.25) is 0 Å². The Morgan fingerprint density at radius 3 is 2.39 bits per heavy atom. The molecule has 1 N–H and O–H groups in total. The van der Waals surface area contributed by atoms with Gasteiger partial charge < -0.3 is 5.32 Å². The van der Waals surface area contributed by atoms with Crippen LogP contribution in [0.2, 0.25) is 10.0 Å². The minimum absolute atomic E-state index is 0.164. The fraction of sp³-hybridized carbons (Fsp3) is 0.600. The molecule has 0 saturated heterocycles. The molecule has 18 heavy (non-hydrogen) atoms. The summed E-state index contributed by atoms with van der Waals surface area (Å²) in [4.78, 5) is 0. The van der Waals surface area contributed by atoms with Gasteiger partial charge in [-0.3, -0.25) is 0 Å². The van der Waals surface area contributed by atoms with E-state index in [1.807, 2.05) is 18.2 Å². The zero-order chi connectivity index (χ0) is 13.8. The van der Waals surface area contributed by atoms with Crippen molar-refractivity contribution in [3.63, 3.8) is 0 Å². The number of benzene rings is 1. The van der Waals surface area contributed by atoms with Crippen molar-refractivity contribution < 1.29 is 0 Å². The molecule has 0 bridgehead atoms. The highest BCUT2D eigenvalue weighted by atomic mass is 35.5. The molecule has 0 radical (unpaired) electrons. The molecule has 3 heteroatoms. The first-order valence-electron chi connectivity index (χ1n) is 6.50. The lowest BCUT2D eigenvalue weighted by molar-refractivity contribution is 0.363. The van der Waals surface area contributed by atoms with Crippen LogP contribution in [0, 0.1) is 5.92 Å². The molecule has 0 fully saturated rings. The van der Waals surface area contributed by atoms with Crippen LogP contribution in [0.25, 0.3) is 0 Å². The molecule has 1 nitrogen and oxygen atoms in total. The van der Waals surface area contributed by atoms with E-state index in [1.54, 1.807) is 0 Å². The average Bonchev–Trinajstić information content (AvgIpc) is 2.25. The lowest BCUT2D eigenvalue weighted by Gasteiger charge is -2.25. The predicted molar refractivity (Wildman–Crippen MR) is 81.7 cm³/mol. The highest BCUT2D eigenvalue weighted by Crippen LogP contribution is 2.24. The summed E-state index contributed by atoms with van der Waals surface area (Å²) < 4.78 is 0. The Bertz CT molecular complexity index is 383. The van der Waals surface area contributed by atoms with E-state index in [0.29, 0.717) is 10.9 Å². The quantitative estimate of drug-likeness (QED) is 0.808. The molecular weight excluding hydrogens is 265 g/mol. The summed E-state index contributed by atoms with van der Waals surface area (Å²) >= 11 is 12.1. The van der Waals surface area contributed by atoms with E-state index in [0.717, 1.165) is 24.4 Å². The van der Waals surface area contributed by atoms with Crippen LogP contribution in [-0.4, -0.2) is 12.1 Å². The van der Waals surface area contributed by atoms with Crippen LogP contribution >= 0.6 is 23.2 Å². The number of hydrogen-bond acceptors (Lipinski definition) is 1. The molecule has 0 aliphatic heterocycles. The van der Waals surface area contributed by atoms with Crippen molar-refractivity contribution in [2.75, 3.05) is 6.54 Å². The summed E-state index contributed by atoms with van der Waals surface area (Å²) in [5, 5.41) is 5.03. The van der Waals surface area contributed by atoms with Gasteiger partial charge in [0.05, 0.1) is 0 Å². The molecule has 0 aliphatic rings. The van der Waals surface area contributed by atoms with E-state index in [2.05, 4.69) is 33.0 Å². The molecule has 1 atom stereocenters. The fourth-order valence-corrected chi connectivity index (χ4v) is 2.30. The summed E-state index contributed by atoms with van der Waals surface area (Å²) in [6, 6.07) is 5.76. The van der Waals surface area contributed by atoms with E-state index in [9.17, 15) is 0 Å². The fourth-order valence-electron chi connectivity index (χ4n) is 1.81. The Balaban J connectivity index is 2.62. The van der Waals surface area contributed by atoms with Crippen LogP contribution in [-0.2, 0) is 6.42 Å². The Morgan fingerprint density at radius 1 is 1.22 bits per heavy atom. The molecule has 0 spiro atoms. The maximum Gasteiger partial charge on any atom is 0.0452 e. The molecule has 1 rings (SSSR count). The van der Waals surface area contributed by atoms with E-state index in [1.165, 1.54) is 5.56 Å². The Kier molecular flexibility index (Phi) is 5.97. The molecule has 0 amide bonds. The van der Waals surface area contributed by atoms with Crippen LogP contribution < -0.4 is 5.32 Å². The maximum absolute atomic E-state index is 6.22. The van der Waals surface area contributed by atoms with Gasteiger partial charge in [0.25, 0.3) is 0 Å². The van der Waals surface area contributed by atoms with Gasteiger partial charge in [-0.15, -0.1) is 0 Å². The van der Waals surface area contributed by atoms with Crippen molar-refractivity contribution in [2.45, 2.75) is 46.1 Å². The van der Waals surface area contributed by atoms with Crippen LogP contribution in [0.15, 0.2) is 18.2 Å². The van der Waals surface area contributed by atoms with Gasteiger partial charge in [-0.05, 0) is 57.4 Å². The second kappa shape index (κ2) is 6.79. The topological polar surface area (TPSA) is 12.0 Å². The molecular formula is C15H23Cl2N. The molecule has 0 saturated carbocycles. The largest absolute Gasteiger partial charge is 0.312 e. The summed E-state index contributed by atoms with van der Waals surface area (Å²) in [6.45, 7) is 9.80. The summed E-state index contributed by atoms with van der Waals surface area (Å²) in [7, 11) is 0. The van der Waals surface area contributed by atoms with Gasteiger partial charge >= 0.3 is 0 Å². The van der Waals surface area contributed by atoms with Gasteiger partial charge in [-0.2, -0.15) is 0 Å². The summed E-state index contributed by atoms with van der Waals surface area (Å²) in [5.41, 5.74) is 1.35. The Hall–Kier alpha value is -0.240. The van der Waals surface area contributed by atoms with Gasteiger partial charge in [0.1, 0.15) is 0 Å².